The molecule has 4 N–H and O–H groups in total. The topological polar surface area (TPSA) is 368 Å². The molecule has 0 aliphatic heterocycles. The van der Waals surface area contributed by atoms with E-state index in [1.807, 2.05) is 158 Å². The molecule has 13 rings (SSSR count). The first-order chi connectivity index (χ1) is 57.7. The van der Waals surface area contributed by atoms with Crippen molar-refractivity contribution in [3.05, 3.63) is 325 Å². The molecule has 0 aliphatic rings. The molecule has 2 aromatic heterocycles. The second kappa shape index (κ2) is 53.4. The number of carbonyl (C=O) groups is 4. The van der Waals surface area contributed by atoms with Crippen molar-refractivity contribution in [3.8, 4) is 69.0 Å². The van der Waals surface area contributed by atoms with Crippen LogP contribution in [0.1, 0.15) is 106 Å². The largest absolute Gasteiger partial charge is 0.504 e. The van der Waals surface area contributed by atoms with Crippen molar-refractivity contribution in [1.82, 2.24) is 19.9 Å². The minimum Gasteiger partial charge on any atom is -0.504 e. The number of ether oxygens (including phenoxy) is 15. The molecule has 0 atom stereocenters. The van der Waals surface area contributed by atoms with Gasteiger partial charge in [0.2, 0.25) is 0 Å². The van der Waals surface area contributed by atoms with Gasteiger partial charge < -0.3 is 86.9 Å². The first-order valence-corrected chi connectivity index (χ1v) is 36.2. The first-order valence-electron chi connectivity index (χ1n) is 35.8. The maximum atomic E-state index is 11.7. The Hall–Kier alpha value is -15.1. The van der Waals surface area contributed by atoms with Gasteiger partial charge in [0.1, 0.15) is 50.1 Å². The smallest absolute Gasteiger partial charge is 0.345 e. The predicted molar refractivity (Wildman–Crippen MR) is 478 cm³/mol. The summed E-state index contributed by atoms with van der Waals surface area (Å²) < 4.78 is 78.1. The van der Waals surface area contributed by atoms with E-state index in [1.54, 1.807) is 56.7 Å². The van der Waals surface area contributed by atoms with Crippen LogP contribution in [-0.2, 0) is 52.0 Å². The fourth-order valence-electron chi connectivity index (χ4n) is 10.7. The molecule has 656 valence electrons. The number of H-pyrrole nitrogens is 1. The summed E-state index contributed by atoms with van der Waals surface area (Å²) in [6, 6.07) is 70.3. The Kier molecular flexibility index (Phi) is 44.4. The van der Waals surface area contributed by atoms with Crippen molar-refractivity contribution in [3.63, 3.8) is 0 Å². The van der Waals surface area contributed by atoms with E-state index in [4.69, 9.17) is 69.4 Å². The molecule has 0 bridgehead atoms. The number of nitrogen functional groups attached to an aromatic ring is 1. The molecule has 13 aromatic rings. The van der Waals surface area contributed by atoms with Crippen LogP contribution in [0.2, 0.25) is 5.15 Å². The van der Waals surface area contributed by atoms with Crippen LogP contribution in [0.15, 0.2) is 254 Å². The number of benzene rings is 11. The zero-order valence-corrected chi connectivity index (χ0v) is 67.1. The molecule has 0 saturated heterocycles. The molecule has 0 fully saturated rings. The highest BCUT2D eigenvalue weighted by Gasteiger charge is 2.26. The average molecular weight is 1720 g/mol. The highest BCUT2D eigenvalue weighted by molar-refractivity contribution is 6.34. The number of nitro benzene ring substituents is 1. The minimum atomic E-state index is -0.815. The Bertz CT molecular complexity index is 5570. The number of esters is 4. The number of nitrogens with two attached hydrogens (primary N) is 1. The second-order valence-electron chi connectivity index (χ2n) is 24.4. The number of aromatic amines is 1. The third-order valence-electron chi connectivity index (χ3n) is 16.8. The van der Waals surface area contributed by atoms with Gasteiger partial charge in [0.15, 0.2) is 69.0 Å². The highest BCUT2D eigenvalue weighted by Crippen LogP contribution is 2.39. The molecule has 2 heterocycles. The van der Waals surface area contributed by atoms with Crippen molar-refractivity contribution in [1.29, 1.82) is 0 Å². The average Bonchev–Trinajstić information content (AvgIpc) is 0.819. The zero-order chi connectivity index (χ0) is 85.6. The maximum Gasteiger partial charge on any atom is 0.345 e. The summed E-state index contributed by atoms with van der Waals surface area (Å²) in [6.45, 7) is 1.92. The number of aromatic nitrogens is 4. The van der Waals surface area contributed by atoms with E-state index in [2.05, 4.69) is 38.9 Å². The second-order valence-corrected chi connectivity index (χ2v) is 24.8. The number of nitrogens with one attached hydrogen (secondary N) is 1. The minimum absolute atomic E-state index is 0. The number of nitrogens with zero attached hydrogens (tertiary/aromatic N) is 4. The van der Waals surface area contributed by atoms with Crippen LogP contribution in [0.5, 0.6) is 69.0 Å². The third-order valence-corrected chi connectivity index (χ3v) is 17.1. The molecule has 29 nitrogen and oxygen atoms in total. The molecule has 30 heteroatoms. The van der Waals surface area contributed by atoms with Crippen LogP contribution in [0, 0.1) is 10.1 Å². The van der Waals surface area contributed by atoms with E-state index in [1.165, 1.54) is 92.8 Å². The number of phenols is 1. The lowest BCUT2D eigenvalue weighted by atomic mass is 10.1. The summed E-state index contributed by atoms with van der Waals surface area (Å²) in [7, 11) is 14.1. The molecule has 124 heavy (non-hydrogen) atoms. The van der Waals surface area contributed by atoms with Crippen LogP contribution in [0.3, 0.4) is 0 Å². The SMILES string of the molecule is C.C.C.C.C.COC(=O)c1cc(OC)c(OCc2ccccc2)cc1N.COC(=O)c1cc(OC)c(OCc2ccccc2)cc1[N+](=O)[O-].COC(=O)c1ccc(O)c(OC)c1.COC(=O)c1ccc(OCc2ccccc2)c(OC)c1.COc1cc2c(=O)[nH]cnc2cc1OCc1ccccc1.COc1cc2c(Cl)ncnc2cc1OCc1ccccc1. The van der Waals surface area contributed by atoms with Crippen molar-refractivity contribution in [2.75, 3.05) is 76.8 Å². The standard InChI is InChI=1S/C16H13ClN2O2.C16H14N2O3.C16H15NO6.C16H17NO4.C16H16O4.C9H10O4.5CH4/c1-20-14-7-12-13(18-10-19-16(12)17)8-15(14)21-9-11-5-3-2-4-6-11;1-20-14-7-12-13(17-10-18-16(12)19)8-15(14)21-9-11-5-3-2-4-6-11;1-21-14-8-12(16(18)22-2)13(17(19)20)9-15(14)23-10-11-6-4-3-5-7-11;1-19-14-8-12(16(18)20-2)13(17)9-15(14)21-10-11-6-4-3-5-7-11;1-18-15-10-13(16(17)19-2)8-9-14(15)20-11-12-6-4-3-5-7-12;1-12-8-5-6(9(11)13-2)3-4-7(8)10;;;;;/h2-8,10H,9H2,1H3;2-8,10H,9H2,1H3,(H,17,18,19);3-9H,10H2,1-2H3;3-9H,10,17H2,1-2H3;3-10H,11H2,1-2H3;3-5,10H,1-2H3;5*1H4. The number of nitro groups is 1. The number of hydrogen-bond donors (Lipinski definition) is 3. The van der Waals surface area contributed by atoms with Gasteiger partial charge in [-0.2, -0.15) is 0 Å². The number of rotatable bonds is 26. The van der Waals surface area contributed by atoms with E-state index in [9.17, 15) is 39.2 Å². The van der Waals surface area contributed by atoms with E-state index < -0.39 is 34.5 Å². The van der Waals surface area contributed by atoms with Gasteiger partial charge in [-0.3, -0.25) is 14.9 Å². The molecule has 0 spiro atoms. The quantitative estimate of drug-likeness (QED) is 0.0113. The Morgan fingerprint density at radius 3 is 1.10 bits per heavy atom. The molecule has 0 radical (unpaired) electrons. The molecular formula is C94H105ClN6O23. The maximum absolute atomic E-state index is 11.7. The third kappa shape index (κ3) is 30.0. The number of aromatic hydroxyl groups is 1. The van der Waals surface area contributed by atoms with E-state index in [0.29, 0.717) is 99.6 Å². The summed E-state index contributed by atoms with van der Waals surface area (Å²) in [4.78, 5) is 82.9. The number of hydrogen-bond acceptors (Lipinski definition) is 27. The molecule has 0 unspecified atom stereocenters. The fourth-order valence-corrected chi connectivity index (χ4v) is 10.9. The van der Waals surface area contributed by atoms with Crippen molar-refractivity contribution >= 4 is 68.7 Å². The van der Waals surface area contributed by atoms with Gasteiger partial charge in [-0.15, -0.1) is 0 Å². The van der Waals surface area contributed by atoms with Gasteiger partial charge in [0.25, 0.3) is 11.2 Å². The number of methoxy groups -OCH3 is 10. The molecule has 11 aromatic carbocycles. The molecular weight excluding hydrogens is 1620 g/mol. The van der Waals surface area contributed by atoms with Crippen LogP contribution in [0.4, 0.5) is 11.4 Å². The Labute approximate surface area is 726 Å². The lowest BCUT2D eigenvalue weighted by molar-refractivity contribution is -0.385. The first kappa shape index (κ1) is 103. The lowest BCUT2D eigenvalue weighted by Gasteiger charge is -2.13. The van der Waals surface area contributed by atoms with Gasteiger partial charge >= 0.3 is 23.9 Å². The van der Waals surface area contributed by atoms with E-state index in [0.717, 1.165) is 51.9 Å². The van der Waals surface area contributed by atoms with Crippen LogP contribution in [-0.4, -0.2) is 125 Å². The van der Waals surface area contributed by atoms with Gasteiger partial charge in [0.05, 0.1) is 127 Å². The molecule has 0 saturated carbocycles. The summed E-state index contributed by atoms with van der Waals surface area (Å²) in [5.41, 5.74) is 12.8. The number of fused-ring (bicyclic) bond motifs is 2. The summed E-state index contributed by atoms with van der Waals surface area (Å²) in [5, 5.41) is 22.0. The Balaban J connectivity index is 0.000000383. The van der Waals surface area contributed by atoms with Crippen molar-refractivity contribution in [2.24, 2.45) is 0 Å². The van der Waals surface area contributed by atoms with Gasteiger partial charge in [-0.05, 0) is 76.3 Å². The summed E-state index contributed by atoms with van der Waals surface area (Å²) in [5.74, 6) is 2.75. The van der Waals surface area contributed by atoms with Gasteiger partial charge in [-0.25, -0.2) is 34.1 Å². The Morgan fingerprint density at radius 2 is 0.710 bits per heavy atom. The van der Waals surface area contributed by atoms with Crippen LogP contribution < -0.4 is 63.4 Å². The van der Waals surface area contributed by atoms with E-state index in [-0.39, 0.29) is 89.1 Å². The van der Waals surface area contributed by atoms with E-state index >= 15 is 0 Å². The fraction of sp³-hybridized carbons (Fsp3) is 0.213. The van der Waals surface area contributed by atoms with Crippen LogP contribution >= 0.6 is 11.6 Å². The van der Waals surface area contributed by atoms with Crippen LogP contribution in [0.25, 0.3) is 21.8 Å². The molecule has 0 aliphatic carbocycles. The number of carbonyl (C=O) groups excluding carboxylic acids is 4. The normalized spacial score (nSPS) is 9.70. The van der Waals surface area contributed by atoms with Gasteiger partial charge in [-0.1, -0.05) is 200 Å². The number of anilines is 1. The zero-order valence-electron chi connectivity index (χ0n) is 66.4. The lowest BCUT2D eigenvalue weighted by Crippen LogP contribution is -2.07. The summed E-state index contributed by atoms with van der Waals surface area (Å²) >= 11 is 6.06. The van der Waals surface area contributed by atoms with Gasteiger partial charge in [0, 0.05) is 35.7 Å². The summed E-state index contributed by atoms with van der Waals surface area (Å²) in [6.07, 6.45) is 2.80. The van der Waals surface area contributed by atoms with Crippen molar-refractivity contribution in [2.45, 2.75) is 70.2 Å². The number of phenolic OH excluding ortho intramolecular Hbond substituents is 1. The predicted octanol–water partition coefficient (Wildman–Crippen LogP) is 19.4. The monoisotopic (exact) mass is 1720 g/mol. The number of halogens is 1. The van der Waals surface area contributed by atoms with Crippen molar-refractivity contribution < 1.29 is 100 Å². The molecule has 0 amide bonds. The highest BCUT2D eigenvalue weighted by atomic mass is 35.5. The Morgan fingerprint density at radius 1 is 0.379 bits per heavy atom.